The number of halogens is 1. The molecule has 1 amide bonds. The smallest absolute Gasteiger partial charge is 0.260 e. The lowest BCUT2D eigenvalue weighted by Gasteiger charge is -2.28. The second-order valence-electron chi connectivity index (χ2n) is 7.65. The Morgan fingerprint density at radius 1 is 1.06 bits per heavy atom. The van der Waals surface area contributed by atoms with E-state index in [2.05, 4.69) is 0 Å². The van der Waals surface area contributed by atoms with Gasteiger partial charge in [-0.1, -0.05) is 24.9 Å². The predicted octanol–water partition coefficient (Wildman–Crippen LogP) is 3.77. The Labute approximate surface area is 188 Å². The van der Waals surface area contributed by atoms with Gasteiger partial charge in [0, 0.05) is 28.7 Å². The average Bonchev–Trinajstić information content (AvgIpc) is 3.12. The van der Waals surface area contributed by atoms with Gasteiger partial charge in [-0.15, -0.1) is 0 Å². The van der Waals surface area contributed by atoms with Gasteiger partial charge in [-0.3, -0.25) is 9.59 Å². The third kappa shape index (κ3) is 6.31. The summed E-state index contributed by atoms with van der Waals surface area (Å²) < 4.78 is 29.3. The molecule has 2 aromatic rings. The molecule has 1 fully saturated rings. The van der Waals surface area contributed by atoms with Crippen LogP contribution in [0.1, 0.15) is 42.1 Å². The van der Waals surface area contributed by atoms with Crippen molar-refractivity contribution in [3.63, 3.8) is 0 Å². The normalized spacial score (nSPS) is 17.3. The first-order chi connectivity index (χ1) is 14.8. The van der Waals surface area contributed by atoms with Crippen LogP contribution in [0, 0.1) is 0 Å². The Hall–Kier alpha value is -2.38. The van der Waals surface area contributed by atoms with Crippen molar-refractivity contribution in [2.24, 2.45) is 0 Å². The van der Waals surface area contributed by atoms with Crippen molar-refractivity contribution in [3.05, 3.63) is 64.7 Å². The summed E-state index contributed by atoms with van der Waals surface area (Å²) in [6.07, 6.45) is 2.19. The van der Waals surface area contributed by atoms with E-state index in [1.165, 1.54) is 0 Å². The molecule has 0 saturated carbocycles. The van der Waals surface area contributed by atoms with Gasteiger partial charge in [0.2, 0.25) is 0 Å². The number of hydrogen-bond acceptors (Lipinski definition) is 5. The molecule has 3 rings (SSSR count). The molecular weight excluding hydrogens is 438 g/mol. The van der Waals surface area contributed by atoms with Gasteiger partial charge in [-0.2, -0.15) is 0 Å². The fourth-order valence-corrected chi connectivity index (χ4v) is 5.42. The van der Waals surface area contributed by atoms with Crippen molar-refractivity contribution in [1.82, 2.24) is 4.90 Å². The van der Waals surface area contributed by atoms with Crippen molar-refractivity contribution in [2.75, 3.05) is 24.7 Å². The topological polar surface area (TPSA) is 80.8 Å². The Kier molecular flexibility index (Phi) is 7.73. The van der Waals surface area contributed by atoms with Crippen molar-refractivity contribution in [3.8, 4) is 5.75 Å². The van der Waals surface area contributed by atoms with E-state index in [9.17, 15) is 18.0 Å². The minimum absolute atomic E-state index is 0.0178. The molecule has 0 bridgehead atoms. The third-order valence-corrected chi connectivity index (χ3v) is 7.31. The summed E-state index contributed by atoms with van der Waals surface area (Å²) in [4.78, 5) is 26.9. The zero-order valence-electron chi connectivity index (χ0n) is 17.4. The first kappa shape index (κ1) is 23.3. The molecule has 1 heterocycles. The van der Waals surface area contributed by atoms with E-state index in [4.69, 9.17) is 16.3 Å². The van der Waals surface area contributed by atoms with Gasteiger partial charge < -0.3 is 9.64 Å². The molecule has 0 aliphatic carbocycles. The molecule has 0 N–H and O–H groups in total. The van der Waals surface area contributed by atoms with E-state index in [1.807, 2.05) is 6.92 Å². The monoisotopic (exact) mass is 463 g/mol. The summed E-state index contributed by atoms with van der Waals surface area (Å²) >= 11 is 5.86. The van der Waals surface area contributed by atoms with Crippen LogP contribution in [0.3, 0.4) is 0 Å². The van der Waals surface area contributed by atoms with E-state index in [0.29, 0.717) is 34.9 Å². The number of rotatable bonds is 9. The number of unbranched alkanes of at least 4 members (excludes halogenated alkanes) is 1. The lowest BCUT2D eigenvalue weighted by atomic mass is 10.0. The molecule has 6 nitrogen and oxygen atoms in total. The summed E-state index contributed by atoms with van der Waals surface area (Å²) in [5.74, 6) is 0.251. The van der Waals surface area contributed by atoms with Crippen LogP contribution >= 0.6 is 11.6 Å². The maximum atomic E-state index is 12.7. The van der Waals surface area contributed by atoms with Crippen molar-refractivity contribution in [2.45, 2.75) is 32.2 Å². The fraction of sp³-hybridized carbons (Fsp3) is 0.391. The molecular formula is C23H26ClNO5S. The minimum atomic E-state index is -3.08. The standard InChI is InChI=1S/C23H26ClNO5S/c1-2-3-13-25(20-12-14-31(28,29)16-20)22(26)15-30-21-10-6-18(7-11-21)23(27)17-4-8-19(24)9-5-17/h4-11,20H,2-3,12-16H2,1H3. The highest BCUT2D eigenvalue weighted by atomic mass is 35.5. The van der Waals surface area contributed by atoms with E-state index in [1.54, 1.807) is 53.4 Å². The summed E-state index contributed by atoms with van der Waals surface area (Å²) in [5, 5.41) is 0.563. The van der Waals surface area contributed by atoms with E-state index >= 15 is 0 Å². The van der Waals surface area contributed by atoms with Crippen LogP contribution in [0.15, 0.2) is 48.5 Å². The van der Waals surface area contributed by atoms with E-state index in [-0.39, 0.29) is 35.8 Å². The number of amides is 1. The summed E-state index contributed by atoms with van der Waals surface area (Å²) in [6.45, 7) is 2.37. The number of benzene rings is 2. The molecule has 0 aromatic heterocycles. The Morgan fingerprint density at radius 3 is 2.23 bits per heavy atom. The molecule has 1 aliphatic heterocycles. The van der Waals surface area contributed by atoms with Crippen LogP contribution in [0.5, 0.6) is 5.75 Å². The third-order valence-electron chi connectivity index (χ3n) is 5.31. The Balaban J connectivity index is 1.60. The maximum absolute atomic E-state index is 12.7. The molecule has 8 heteroatoms. The van der Waals surface area contributed by atoms with Gasteiger partial charge >= 0.3 is 0 Å². The molecule has 0 spiro atoms. The van der Waals surface area contributed by atoms with Crippen LogP contribution in [0.4, 0.5) is 0 Å². The lowest BCUT2D eigenvalue weighted by Crippen LogP contribution is -2.44. The first-order valence-corrected chi connectivity index (χ1v) is 12.5. The number of carbonyl (C=O) groups excluding carboxylic acids is 2. The van der Waals surface area contributed by atoms with Crippen LogP contribution in [0.25, 0.3) is 0 Å². The van der Waals surface area contributed by atoms with Crippen LogP contribution in [-0.2, 0) is 14.6 Å². The van der Waals surface area contributed by atoms with Crippen molar-refractivity contribution < 1.29 is 22.7 Å². The molecule has 1 saturated heterocycles. The fourth-order valence-electron chi connectivity index (χ4n) is 3.56. The Bertz CT molecular complexity index is 1020. The van der Waals surface area contributed by atoms with Gasteiger partial charge in [0.1, 0.15) is 5.75 Å². The molecule has 1 atom stereocenters. The number of hydrogen-bond donors (Lipinski definition) is 0. The van der Waals surface area contributed by atoms with Crippen LogP contribution in [-0.4, -0.2) is 55.7 Å². The predicted molar refractivity (Wildman–Crippen MR) is 121 cm³/mol. The highest BCUT2D eigenvalue weighted by molar-refractivity contribution is 7.91. The molecule has 1 unspecified atom stereocenters. The summed E-state index contributed by atoms with van der Waals surface area (Å²) in [6, 6.07) is 13.0. The van der Waals surface area contributed by atoms with Crippen LogP contribution < -0.4 is 4.74 Å². The SMILES string of the molecule is CCCCN(C(=O)COc1ccc(C(=O)c2ccc(Cl)cc2)cc1)C1CCS(=O)(=O)C1. The van der Waals surface area contributed by atoms with E-state index in [0.717, 1.165) is 12.8 Å². The Morgan fingerprint density at radius 2 is 1.68 bits per heavy atom. The molecule has 0 radical (unpaired) electrons. The van der Waals surface area contributed by atoms with Gasteiger partial charge in [-0.05, 0) is 61.4 Å². The van der Waals surface area contributed by atoms with Gasteiger partial charge in [0.25, 0.3) is 5.91 Å². The second kappa shape index (κ2) is 10.3. The number of carbonyl (C=O) groups is 2. The van der Waals surface area contributed by atoms with Crippen molar-refractivity contribution >= 4 is 33.1 Å². The number of ether oxygens (including phenoxy) is 1. The second-order valence-corrected chi connectivity index (χ2v) is 10.3. The maximum Gasteiger partial charge on any atom is 0.260 e. The molecule has 31 heavy (non-hydrogen) atoms. The zero-order valence-corrected chi connectivity index (χ0v) is 19.0. The van der Waals surface area contributed by atoms with Gasteiger partial charge in [-0.25, -0.2) is 8.42 Å². The number of ketones is 1. The number of nitrogens with zero attached hydrogens (tertiary/aromatic N) is 1. The van der Waals surface area contributed by atoms with Crippen LogP contribution in [0.2, 0.25) is 5.02 Å². The van der Waals surface area contributed by atoms with Crippen molar-refractivity contribution in [1.29, 1.82) is 0 Å². The minimum Gasteiger partial charge on any atom is -0.484 e. The highest BCUT2D eigenvalue weighted by Gasteiger charge is 2.34. The molecule has 2 aromatic carbocycles. The summed E-state index contributed by atoms with van der Waals surface area (Å²) in [5.41, 5.74) is 1.04. The quantitative estimate of drug-likeness (QED) is 0.529. The average molecular weight is 464 g/mol. The van der Waals surface area contributed by atoms with Gasteiger partial charge in [0.05, 0.1) is 11.5 Å². The summed E-state index contributed by atoms with van der Waals surface area (Å²) in [7, 11) is -3.08. The van der Waals surface area contributed by atoms with E-state index < -0.39 is 9.84 Å². The highest BCUT2D eigenvalue weighted by Crippen LogP contribution is 2.20. The molecule has 1 aliphatic rings. The lowest BCUT2D eigenvalue weighted by molar-refractivity contribution is -0.135. The largest absolute Gasteiger partial charge is 0.484 e. The first-order valence-electron chi connectivity index (χ1n) is 10.3. The molecule has 166 valence electrons. The van der Waals surface area contributed by atoms with Gasteiger partial charge in [0.15, 0.2) is 22.2 Å². The number of sulfone groups is 1. The zero-order chi connectivity index (χ0) is 22.4.